The molecule has 0 aliphatic carbocycles. The number of piperidine rings is 1. The molecule has 0 saturated carbocycles. The van der Waals surface area contributed by atoms with Crippen molar-refractivity contribution in [2.24, 2.45) is 5.92 Å². The zero-order valence-electron chi connectivity index (χ0n) is 12.4. The van der Waals surface area contributed by atoms with E-state index in [1.165, 1.54) is 6.42 Å². The fourth-order valence-electron chi connectivity index (χ4n) is 2.90. The van der Waals surface area contributed by atoms with Gasteiger partial charge in [-0.2, -0.15) is 11.8 Å². The summed E-state index contributed by atoms with van der Waals surface area (Å²) in [5.74, 6) is 1.51. The summed E-state index contributed by atoms with van der Waals surface area (Å²) >= 11 is 1.82. The maximum absolute atomic E-state index is 12.6. The molecule has 1 aromatic heterocycles. The highest BCUT2D eigenvalue weighted by Gasteiger charge is 2.26. The van der Waals surface area contributed by atoms with Crippen molar-refractivity contribution >= 4 is 17.7 Å². The third-order valence-electron chi connectivity index (χ3n) is 3.79. The van der Waals surface area contributed by atoms with E-state index in [9.17, 15) is 9.59 Å². The van der Waals surface area contributed by atoms with E-state index in [4.69, 9.17) is 0 Å². The second kappa shape index (κ2) is 6.48. The zero-order valence-corrected chi connectivity index (χ0v) is 13.2. The summed E-state index contributed by atoms with van der Waals surface area (Å²) < 4.78 is 0. The van der Waals surface area contributed by atoms with Crippen LogP contribution in [0.5, 0.6) is 0 Å². The molecule has 1 aliphatic heterocycles. The number of carbonyl (C=O) groups is 1. The van der Waals surface area contributed by atoms with Crippen molar-refractivity contribution in [3.8, 4) is 0 Å². The van der Waals surface area contributed by atoms with Crippen LogP contribution < -0.4 is 5.56 Å². The number of aromatic nitrogens is 1. The van der Waals surface area contributed by atoms with Gasteiger partial charge in [-0.15, -0.1) is 0 Å². The first kappa shape index (κ1) is 15.2. The maximum atomic E-state index is 12.6. The molecule has 0 unspecified atom stereocenters. The molecule has 2 rings (SSSR count). The quantitative estimate of drug-likeness (QED) is 0.930. The van der Waals surface area contributed by atoms with E-state index < -0.39 is 0 Å². The number of likely N-dealkylation sites (tertiary alicyclic amines) is 1. The van der Waals surface area contributed by atoms with Crippen LogP contribution in [0.3, 0.4) is 0 Å². The van der Waals surface area contributed by atoms with Gasteiger partial charge in [0.25, 0.3) is 11.5 Å². The molecule has 1 aliphatic rings. The third kappa shape index (κ3) is 3.26. The monoisotopic (exact) mass is 294 g/mol. The van der Waals surface area contributed by atoms with E-state index in [1.807, 2.05) is 36.6 Å². The number of aryl methyl sites for hydroxylation is 2. The summed E-state index contributed by atoms with van der Waals surface area (Å²) in [6, 6.07) is 1.86. The van der Waals surface area contributed by atoms with E-state index in [1.54, 1.807) is 0 Å². The summed E-state index contributed by atoms with van der Waals surface area (Å²) in [5, 5.41) is 0. The molecule has 20 heavy (non-hydrogen) atoms. The number of nitrogens with zero attached hydrogens (tertiary/aromatic N) is 1. The number of aromatic amines is 1. The molecule has 0 bridgehead atoms. The average molecular weight is 294 g/mol. The van der Waals surface area contributed by atoms with Crippen molar-refractivity contribution in [1.82, 2.24) is 9.88 Å². The average Bonchev–Trinajstić information content (AvgIpc) is 2.38. The molecular formula is C15H22N2O2S. The minimum Gasteiger partial charge on any atom is -0.338 e. The van der Waals surface area contributed by atoms with Crippen LogP contribution in [-0.4, -0.2) is 40.9 Å². The van der Waals surface area contributed by atoms with E-state index in [-0.39, 0.29) is 11.5 Å². The van der Waals surface area contributed by atoms with E-state index in [0.29, 0.717) is 11.5 Å². The Bertz CT molecular complexity index is 551. The lowest BCUT2D eigenvalue weighted by molar-refractivity contribution is 0.0683. The Hall–Kier alpha value is -1.23. The number of hydrogen-bond donors (Lipinski definition) is 1. The van der Waals surface area contributed by atoms with Gasteiger partial charge in [0, 0.05) is 18.8 Å². The van der Waals surface area contributed by atoms with Gasteiger partial charge in [0.05, 0.1) is 0 Å². The van der Waals surface area contributed by atoms with Gasteiger partial charge in [-0.25, -0.2) is 0 Å². The largest absolute Gasteiger partial charge is 0.338 e. The summed E-state index contributed by atoms with van der Waals surface area (Å²) in [5.41, 5.74) is 1.60. The Labute approximate surface area is 124 Å². The maximum Gasteiger partial charge on any atom is 0.261 e. The molecule has 4 nitrogen and oxygen atoms in total. The third-order valence-corrected chi connectivity index (χ3v) is 4.59. The molecule has 1 atom stereocenters. The molecule has 0 spiro atoms. The number of hydrogen-bond acceptors (Lipinski definition) is 3. The van der Waals surface area contributed by atoms with Crippen molar-refractivity contribution in [2.45, 2.75) is 26.7 Å². The van der Waals surface area contributed by atoms with Gasteiger partial charge in [-0.05, 0) is 56.2 Å². The van der Waals surface area contributed by atoms with Crippen LogP contribution in [0.4, 0.5) is 0 Å². The van der Waals surface area contributed by atoms with Crippen LogP contribution in [0.15, 0.2) is 10.9 Å². The summed E-state index contributed by atoms with van der Waals surface area (Å²) in [6.07, 6.45) is 4.29. The van der Waals surface area contributed by atoms with Gasteiger partial charge in [0.1, 0.15) is 5.56 Å². The molecule has 1 saturated heterocycles. The molecular weight excluding hydrogens is 272 g/mol. The lowest BCUT2D eigenvalue weighted by Gasteiger charge is -2.32. The normalized spacial score (nSPS) is 19.1. The lowest BCUT2D eigenvalue weighted by atomic mass is 9.98. The van der Waals surface area contributed by atoms with Crippen molar-refractivity contribution in [1.29, 1.82) is 0 Å². The number of carbonyl (C=O) groups excluding carboxylic acids is 1. The predicted octanol–water partition coefficient (Wildman–Crippen LogP) is 2.21. The molecule has 2 heterocycles. The Balaban J connectivity index is 2.21. The van der Waals surface area contributed by atoms with E-state index in [2.05, 4.69) is 11.2 Å². The van der Waals surface area contributed by atoms with Crippen LogP contribution in [0.2, 0.25) is 0 Å². The molecule has 5 heteroatoms. The predicted molar refractivity (Wildman–Crippen MR) is 83.5 cm³/mol. The first-order chi connectivity index (χ1) is 9.52. The summed E-state index contributed by atoms with van der Waals surface area (Å²) in [7, 11) is 0. The van der Waals surface area contributed by atoms with Crippen LogP contribution >= 0.6 is 11.8 Å². The van der Waals surface area contributed by atoms with Crippen LogP contribution in [-0.2, 0) is 0 Å². The number of pyridine rings is 1. The van der Waals surface area contributed by atoms with Crippen molar-refractivity contribution in [3.05, 3.63) is 33.2 Å². The van der Waals surface area contributed by atoms with Gasteiger partial charge in [-0.1, -0.05) is 0 Å². The van der Waals surface area contributed by atoms with Crippen LogP contribution in [0, 0.1) is 19.8 Å². The fourth-order valence-corrected chi connectivity index (χ4v) is 3.64. The highest BCUT2D eigenvalue weighted by molar-refractivity contribution is 7.98. The Morgan fingerprint density at radius 1 is 1.50 bits per heavy atom. The van der Waals surface area contributed by atoms with Crippen LogP contribution in [0.25, 0.3) is 0 Å². The standard InChI is InChI=1S/C15H22N2O2S/c1-10-7-11(2)16-14(18)13(10)15(19)17-6-4-5-12(8-17)9-20-3/h7,12H,4-6,8-9H2,1-3H3,(H,16,18)/t12-/m1/s1. The molecule has 1 amide bonds. The summed E-state index contributed by atoms with van der Waals surface area (Å²) in [4.78, 5) is 29.2. The molecule has 1 aromatic rings. The van der Waals surface area contributed by atoms with Gasteiger partial charge in [0.15, 0.2) is 0 Å². The molecule has 110 valence electrons. The fraction of sp³-hybridized carbons (Fsp3) is 0.600. The van der Waals surface area contributed by atoms with Gasteiger partial charge in [0.2, 0.25) is 0 Å². The number of rotatable bonds is 3. The molecule has 0 aromatic carbocycles. The van der Waals surface area contributed by atoms with Crippen molar-refractivity contribution in [3.63, 3.8) is 0 Å². The number of amides is 1. The highest BCUT2D eigenvalue weighted by Crippen LogP contribution is 2.21. The first-order valence-electron chi connectivity index (χ1n) is 7.01. The minimum absolute atomic E-state index is 0.116. The van der Waals surface area contributed by atoms with Gasteiger partial charge < -0.3 is 9.88 Å². The number of H-pyrrole nitrogens is 1. The Kier molecular flexibility index (Phi) is 4.91. The Morgan fingerprint density at radius 3 is 2.90 bits per heavy atom. The lowest BCUT2D eigenvalue weighted by Crippen LogP contribution is -2.42. The summed E-state index contributed by atoms with van der Waals surface area (Å²) in [6.45, 7) is 5.19. The van der Waals surface area contributed by atoms with Crippen molar-refractivity contribution in [2.75, 3.05) is 25.1 Å². The van der Waals surface area contributed by atoms with E-state index >= 15 is 0 Å². The van der Waals surface area contributed by atoms with Crippen molar-refractivity contribution < 1.29 is 4.79 Å². The Morgan fingerprint density at radius 2 is 2.25 bits per heavy atom. The first-order valence-corrected chi connectivity index (χ1v) is 8.41. The number of nitrogens with one attached hydrogen (secondary N) is 1. The number of thioether (sulfide) groups is 1. The highest BCUT2D eigenvalue weighted by atomic mass is 32.2. The topological polar surface area (TPSA) is 53.2 Å². The van der Waals surface area contributed by atoms with Gasteiger partial charge >= 0.3 is 0 Å². The minimum atomic E-state index is -0.264. The van der Waals surface area contributed by atoms with E-state index in [0.717, 1.165) is 36.5 Å². The van der Waals surface area contributed by atoms with Crippen LogP contribution in [0.1, 0.15) is 34.5 Å². The van der Waals surface area contributed by atoms with Gasteiger partial charge in [-0.3, -0.25) is 9.59 Å². The second-order valence-corrected chi connectivity index (χ2v) is 6.46. The molecule has 1 fully saturated rings. The second-order valence-electron chi connectivity index (χ2n) is 5.55. The SMILES string of the molecule is CSC[C@@H]1CCCN(C(=O)c2c(C)cc(C)[nH]c2=O)C1. The molecule has 0 radical (unpaired) electrons. The smallest absolute Gasteiger partial charge is 0.261 e. The zero-order chi connectivity index (χ0) is 14.7. The molecule has 1 N–H and O–H groups in total.